The SMILES string of the molecule is CC1CCCN(C(=O)c2ccc(Nc3cc(Cl)ccc3Cl)nc2)C1. The fraction of sp³-hybridized carbons (Fsp3) is 0.333. The summed E-state index contributed by atoms with van der Waals surface area (Å²) in [6, 6.07) is 8.75. The van der Waals surface area contributed by atoms with Crippen molar-refractivity contribution in [1.82, 2.24) is 9.88 Å². The van der Waals surface area contributed by atoms with Gasteiger partial charge in [-0.1, -0.05) is 30.1 Å². The topological polar surface area (TPSA) is 45.2 Å². The summed E-state index contributed by atoms with van der Waals surface area (Å²) in [6.45, 7) is 3.82. The van der Waals surface area contributed by atoms with Crippen LogP contribution in [0.5, 0.6) is 0 Å². The largest absolute Gasteiger partial charge is 0.339 e. The average molecular weight is 364 g/mol. The van der Waals surface area contributed by atoms with Gasteiger partial charge in [0.25, 0.3) is 5.91 Å². The molecule has 1 fully saturated rings. The van der Waals surface area contributed by atoms with Crippen molar-refractivity contribution in [3.05, 3.63) is 52.1 Å². The molecule has 0 bridgehead atoms. The first kappa shape index (κ1) is 17.1. The van der Waals surface area contributed by atoms with Crippen LogP contribution in [0.2, 0.25) is 10.0 Å². The number of pyridine rings is 1. The third-order valence-electron chi connectivity index (χ3n) is 4.15. The lowest BCUT2D eigenvalue weighted by atomic mass is 10.00. The lowest BCUT2D eigenvalue weighted by Gasteiger charge is -2.30. The summed E-state index contributed by atoms with van der Waals surface area (Å²) in [4.78, 5) is 18.8. The monoisotopic (exact) mass is 363 g/mol. The molecule has 126 valence electrons. The molecule has 0 saturated carbocycles. The van der Waals surface area contributed by atoms with Crippen LogP contribution in [-0.4, -0.2) is 28.9 Å². The van der Waals surface area contributed by atoms with E-state index in [9.17, 15) is 4.79 Å². The summed E-state index contributed by atoms with van der Waals surface area (Å²) in [7, 11) is 0. The Kier molecular flexibility index (Phi) is 5.27. The number of piperidine rings is 1. The standard InChI is InChI=1S/C18H19Cl2N3O/c1-12-3-2-8-23(11-12)18(24)13-4-7-17(21-10-13)22-16-9-14(19)5-6-15(16)20/h4-7,9-10,12H,2-3,8,11H2,1H3,(H,21,22). The maximum atomic E-state index is 12.5. The predicted octanol–water partition coefficient (Wildman–Crippen LogP) is 5.00. The van der Waals surface area contributed by atoms with Crippen LogP contribution in [0.15, 0.2) is 36.5 Å². The van der Waals surface area contributed by atoms with Crippen LogP contribution in [0, 0.1) is 5.92 Å². The predicted molar refractivity (Wildman–Crippen MR) is 98.3 cm³/mol. The van der Waals surface area contributed by atoms with Crippen LogP contribution in [-0.2, 0) is 0 Å². The van der Waals surface area contributed by atoms with E-state index in [1.165, 1.54) is 6.42 Å². The molecule has 0 aliphatic carbocycles. The van der Waals surface area contributed by atoms with Gasteiger partial charge in [0.05, 0.1) is 16.3 Å². The molecule has 2 heterocycles. The molecule has 1 aromatic heterocycles. The minimum atomic E-state index is 0.0430. The van der Waals surface area contributed by atoms with Gasteiger partial charge in [-0.2, -0.15) is 0 Å². The number of nitrogens with zero attached hydrogens (tertiary/aromatic N) is 2. The number of aromatic nitrogens is 1. The third kappa shape index (κ3) is 4.00. The van der Waals surface area contributed by atoms with E-state index in [4.69, 9.17) is 23.2 Å². The van der Waals surface area contributed by atoms with Gasteiger partial charge in [-0.3, -0.25) is 4.79 Å². The Morgan fingerprint density at radius 2 is 2.12 bits per heavy atom. The molecule has 1 N–H and O–H groups in total. The fourth-order valence-corrected chi connectivity index (χ4v) is 3.22. The number of likely N-dealkylation sites (tertiary alicyclic amines) is 1. The molecule has 24 heavy (non-hydrogen) atoms. The molecule has 1 aromatic carbocycles. The number of carbonyl (C=O) groups excluding carboxylic acids is 1. The van der Waals surface area contributed by atoms with Crippen LogP contribution in [0.1, 0.15) is 30.1 Å². The number of hydrogen-bond donors (Lipinski definition) is 1. The molecule has 3 rings (SSSR count). The Bertz CT molecular complexity index is 734. The summed E-state index contributed by atoms with van der Waals surface area (Å²) >= 11 is 12.1. The molecule has 1 unspecified atom stereocenters. The first-order valence-corrected chi connectivity index (χ1v) is 8.76. The minimum absolute atomic E-state index is 0.0430. The second-order valence-corrected chi connectivity index (χ2v) is 7.02. The van der Waals surface area contributed by atoms with Gasteiger partial charge in [0, 0.05) is 24.3 Å². The fourth-order valence-electron chi connectivity index (χ4n) is 2.88. The van der Waals surface area contributed by atoms with E-state index < -0.39 is 0 Å². The summed E-state index contributed by atoms with van der Waals surface area (Å²) in [5.41, 5.74) is 1.28. The number of halogens is 2. The molecule has 0 radical (unpaired) electrons. The van der Waals surface area contributed by atoms with Crippen LogP contribution in [0.3, 0.4) is 0 Å². The number of nitrogens with one attached hydrogen (secondary N) is 1. The van der Waals surface area contributed by atoms with Crippen molar-refractivity contribution in [2.24, 2.45) is 5.92 Å². The van der Waals surface area contributed by atoms with Gasteiger partial charge in [-0.25, -0.2) is 4.98 Å². The van der Waals surface area contributed by atoms with Crippen molar-refractivity contribution in [2.45, 2.75) is 19.8 Å². The highest BCUT2D eigenvalue weighted by Crippen LogP contribution is 2.28. The van der Waals surface area contributed by atoms with E-state index in [1.54, 1.807) is 36.5 Å². The molecule has 1 saturated heterocycles. The second-order valence-electron chi connectivity index (χ2n) is 6.18. The smallest absolute Gasteiger partial charge is 0.255 e. The maximum Gasteiger partial charge on any atom is 0.255 e. The van der Waals surface area contributed by atoms with Crippen LogP contribution in [0.25, 0.3) is 0 Å². The van der Waals surface area contributed by atoms with E-state index in [2.05, 4.69) is 17.2 Å². The quantitative estimate of drug-likeness (QED) is 0.833. The highest BCUT2D eigenvalue weighted by Gasteiger charge is 2.22. The average Bonchev–Trinajstić information content (AvgIpc) is 2.58. The van der Waals surface area contributed by atoms with Crippen LogP contribution < -0.4 is 5.32 Å². The Hall–Kier alpha value is -1.78. The van der Waals surface area contributed by atoms with Crippen molar-refractivity contribution in [3.8, 4) is 0 Å². The van der Waals surface area contributed by atoms with E-state index in [-0.39, 0.29) is 5.91 Å². The lowest BCUT2D eigenvalue weighted by molar-refractivity contribution is 0.0682. The van der Waals surface area contributed by atoms with Gasteiger partial charge in [-0.15, -0.1) is 0 Å². The molecule has 1 aliphatic rings. The van der Waals surface area contributed by atoms with E-state index >= 15 is 0 Å². The molecule has 2 aromatic rings. The molecule has 4 nitrogen and oxygen atoms in total. The van der Waals surface area contributed by atoms with Gasteiger partial charge >= 0.3 is 0 Å². The number of amides is 1. The normalized spacial score (nSPS) is 17.6. The molecular formula is C18H19Cl2N3O. The number of benzene rings is 1. The zero-order valence-corrected chi connectivity index (χ0v) is 14.9. The maximum absolute atomic E-state index is 12.5. The Morgan fingerprint density at radius 1 is 1.29 bits per heavy atom. The number of carbonyl (C=O) groups is 1. The van der Waals surface area contributed by atoms with Crippen molar-refractivity contribution in [2.75, 3.05) is 18.4 Å². The van der Waals surface area contributed by atoms with E-state index in [1.807, 2.05) is 4.90 Å². The third-order valence-corrected chi connectivity index (χ3v) is 4.71. The Morgan fingerprint density at radius 3 is 2.83 bits per heavy atom. The number of anilines is 2. The Balaban J connectivity index is 1.71. The van der Waals surface area contributed by atoms with E-state index in [0.29, 0.717) is 33.0 Å². The van der Waals surface area contributed by atoms with Crippen LogP contribution >= 0.6 is 23.2 Å². The molecule has 1 aliphatic heterocycles. The molecule has 6 heteroatoms. The summed E-state index contributed by atoms with van der Waals surface area (Å²) < 4.78 is 0. The van der Waals surface area contributed by atoms with Crippen molar-refractivity contribution < 1.29 is 4.79 Å². The molecule has 1 amide bonds. The highest BCUT2D eigenvalue weighted by molar-refractivity contribution is 6.35. The van der Waals surface area contributed by atoms with Crippen molar-refractivity contribution in [1.29, 1.82) is 0 Å². The summed E-state index contributed by atoms with van der Waals surface area (Å²) in [5.74, 6) is 1.21. The number of hydrogen-bond acceptors (Lipinski definition) is 3. The van der Waals surface area contributed by atoms with E-state index in [0.717, 1.165) is 19.5 Å². The Labute approximate surface area is 151 Å². The van der Waals surface area contributed by atoms with Gasteiger partial charge < -0.3 is 10.2 Å². The molecule has 1 atom stereocenters. The van der Waals surface area contributed by atoms with Gasteiger partial charge in [0.15, 0.2) is 0 Å². The van der Waals surface area contributed by atoms with Gasteiger partial charge in [-0.05, 0) is 49.1 Å². The summed E-state index contributed by atoms with van der Waals surface area (Å²) in [6.07, 6.45) is 3.85. The minimum Gasteiger partial charge on any atom is -0.339 e. The van der Waals surface area contributed by atoms with Gasteiger partial charge in [0.2, 0.25) is 0 Å². The molecule has 0 spiro atoms. The first-order chi connectivity index (χ1) is 11.5. The first-order valence-electron chi connectivity index (χ1n) is 8.00. The van der Waals surface area contributed by atoms with Gasteiger partial charge in [0.1, 0.15) is 5.82 Å². The molecular weight excluding hydrogens is 345 g/mol. The second kappa shape index (κ2) is 7.41. The highest BCUT2D eigenvalue weighted by atomic mass is 35.5. The summed E-state index contributed by atoms with van der Waals surface area (Å²) in [5, 5.41) is 4.26. The van der Waals surface area contributed by atoms with Crippen molar-refractivity contribution in [3.63, 3.8) is 0 Å². The zero-order valence-electron chi connectivity index (χ0n) is 13.4. The van der Waals surface area contributed by atoms with Crippen LogP contribution in [0.4, 0.5) is 11.5 Å². The zero-order chi connectivity index (χ0) is 17.1. The lowest BCUT2D eigenvalue weighted by Crippen LogP contribution is -2.39. The number of rotatable bonds is 3. The van der Waals surface area contributed by atoms with Crippen molar-refractivity contribution >= 4 is 40.6 Å².